The molecular weight excluding hydrogens is 326 g/mol. The van der Waals surface area contributed by atoms with Crippen molar-refractivity contribution < 1.29 is 13.2 Å². The van der Waals surface area contributed by atoms with Crippen LogP contribution in [0.1, 0.15) is 35.7 Å². The zero-order valence-corrected chi connectivity index (χ0v) is 14.9. The van der Waals surface area contributed by atoms with Gasteiger partial charge in [-0.05, 0) is 38.0 Å². The lowest BCUT2D eigenvalue weighted by Crippen LogP contribution is -2.41. The molecule has 0 bridgehead atoms. The minimum Gasteiger partial charge on any atom is -0.381 e. The predicted molar refractivity (Wildman–Crippen MR) is 94.0 cm³/mol. The van der Waals surface area contributed by atoms with Gasteiger partial charge in [0.1, 0.15) is 15.9 Å². The molecule has 1 heterocycles. The van der Waals surface area contributed by atoms with Gasteiger partial charge in [0.15, 0.2) is 5.78 Å². The zero-order chi connectivity index (χ0) is 17.7. The highest BCUT2D eigenvalue weighted by atomic mass is 32.2. The summed E-state index contributed by atoms with van der Waals surface area (Å²) in [6.45, 7) is 3.71. The highest BCUT2D eigenvalue weighted by Gasteiger charge is 2.21. The summed E-state index contributed by atoms with van der Waals surface area (Å²) >= 11 is 0. The summed E-state index contributed by atoms with van der Waals surface area (Å²) in [5, 5.41) is 12.6. The lowest BCUT2D eigenvalue weighted by Gasteiger charge is -2.32. The van der Waals surface area contributed by atoms with E-state index in [0.717, 1.165) is 25.9 Å². The Bertz CT molecular complexity index is 745. The fraction of sp³-hybridized carbons (Fsp3) is 0.529. The Labute approximate surface area is 143 Å². The quantitative estimate of drug-likeness (QED) is 0.786. The fourth-order valence-electron chi connectivity index (χ4n) is 2.80. The molecule has 1 fully saturated rings. The van der Waals surface area contributed by atoms with Gasteiger partial charge in [0.2, 0.25) is 0 Å². The van der Waals surface area contributed by atoms with E-state index in [1.54, 1.807) is 18.2 Å². The molecule has 0 unspecified atom stereocenters. The van der Waals surface area contributed by atoms with Gasteiger partial charge in [-0.15, -0.1) is 0 Å². The first-order valence-electron chi connectivity index (χ1n) is 8.00. The normalized spacial score (nSPS) is 16.5. The largest absolute Gasteiger partial charge is 0.381 e. The van der Waals surface area contributed by atoms with E-state index in [2.05, 4.69) is 16.3 Å². The SMILES string of the molecule is CC(=O)c1ccc(C#N)c(NC2CCN(CCS(C)(=O)=O)CC2)c1. The number of sulfone groups is 1. The van der Waals surface area contributed by atoms with Crippen LogP contribution in [-0.2, 0) is 9.84 Å². The van der Waals surface area contributed by atoms with Crippen LogP contribution in [-0.4, -0.2) is 56.8 Å². The van der Waals surface area contributed by atoms with Crippen LogP contribution in [0.15, 0.2) is 18.2 Å². The second kappa shape index (κ2) is 7.77. The molecule has 6 nitrogen and oxygen atoms in total. The first-order chi connectivity index (χ1) is 11.3. The van der Waals surface area contributed by atoms with Crippen molar-refractivity contribution in [3.63, 3.8) is 0 Å². The number of nitrogens with one attached hydrogen (secondary N) is 1. The third-order valence-corrected chi connectivity index (χ3v) is 5.20. The van der Waals surface area contributed by atoms with Crippen molar-refractivity contribution in [3.8, 4) is 6.07 Å². The fourth-order valence-corrected chi connectivity index (χ4v) is 3.39. The van der Waals surface area contributed by atoms with E-state index in [9.17, 15) is 18.5 Å². The third kappa shape index (κ3) is 5.32. The number of benzene rings is 1. The molecule has 1 saturated heterocycles. The average Bonchev–Trinajstić information content (AvgIpc) is 2.53. The molecule has 1 N–H and O–H groups in total. The van der Waals surface area contributed by atoms with Gasteiger partial charge in [0, 0.05) is 37.5 Å². The summed E-state index contributed by atoms with van der Waals surface area (Å²) < 4.78 is 22.5. The number of anilines is 1. The van der Waals surface area contributed by atoms with Crippen molar-refractivity contribution in [1.29, 1.82) is 5.26 Å². The van der Waals surface area contributed by atoms with E-state index >= 15 is 0 Å². The summed E-state index contributed by atoms with van der Waals surface area (Å²) in [5.41, 5.74) is 1.81. The number of hydrogen-bond acceptors (Lipinski definition) is 6. The van der Waals surface area contributed by atoms with Gasteiger partial charge in [-0.3, -0.25) is 4.79 Å². The maximum Gasteiger partial charge on any atom is 0.159 e. The lowest BCUT2D eigenvalue weighted by molar-refractivity contribution is 0.101. The molecule has 130 valence electrons. The minimum absolute atomic E-state index is 0.0295. The minimum atomic E-state index is -2.93. The van der Waals surface area contributed by atoms with Gasteiger partial charge in [-0.1, -0.05) is 0 Å². The van der Waals surface area contributed by atoms with Crippen LogP contribution >= 0.6 is 0 Å². The number of nitrogens with zero attached hydrogens (tertiary/aromatic N) is 2. The molecule has 0 amide bonds. The molecule has 0 aromatic heterocycles. The Morgan fingerprint density at radius 2 is 2.04 bits per heavy atom. The first-order valence-corrected chi connectivity index (χ1v) is 10.1. The van der Waals surface area contributed by atoms with Crippen molar-refractivity contribution in [2.45, 2.75) is 25.8 Å². The monoisotopic (exact) mass is 349 g/mol. The van der Waals surface area contributed by atoms with E-state index in [1.165, 1.54) is 13.2 Å². The molecule has 1 aliphatic rings. The van der Waals surface area contributed by atoms with Gasteiger partial charge >= 0.3 is 0 Å². The van der Waals surface area contributed by atoms with Crippen molar-refractivity contribution >= 4 is 21.3 Å². The van der Waals surface area contributed by atoms with Gasteiger partial charge in [0.25, 0.3) is 0 Å². The maximum absolute atomic E-state index is 11.5. The van der Waals surface area contributed by atoms with Gasteiger partial charge in [-0.25, -0.2) is 8.42 Å². The van der Waals surface area contributed by atoms with E-state index in [0.29, 0.717) is 23.4 Å². The smallest absolute Gasteiger partial charge is 0.159 e. The van der Waals surface area contributed by atoms with Crippen LogP contribution in [0.25, 0.3) is 0 Å². The molecule has 24 heavy (non-hydrogen) atoms. The zero-order valence-electron chi connectivity index (χ0n) is 14.1. The molecule has 0 saturated carbocycles. The molecule has 0 radical (unpaired) electrons. The Morgan fingerprint density at radius 3 is 2.58 bits per heavy atom. The molecule has 0 atom stereocenters. The topological polar surface area (TPSA) is 90.3 Å². The molecule has 2 rings (SSSR count). The Hall–Kier alpha value is -1.91. The van der Waals surface area contributed by atoms with Crippen molar-refractivity contribution in [2.75, 3.05) is 37.0 Å². The van der Waals surface area contributed by atoms with Crippen molar-refractivity contribution in [1.82, 2.24) is 4.90 Å². The summed E-state index contributed by atoms with van der Waals surface area (Å²) in [6, 6.07) is 7.43. The average molecular weight is 349 g/mol. The highest BCUT2D eigenvalue weighted by Crippen LogP contribution is 2.22. The van der Waals surface area contributed by atoms with Gasteiger partial charge < -0.3 is 10.2 Å². The number of carbonyl (C=O) groups is 1. The first kappa shape index (κ1) is 18.4. The lowest BCUT2D eigenvalue weighted by atomic mass is 10.0. The van der Waals surface area contributed by atoms with E-state index in [-0.39, 0.29) is 17.6 Å². The number of carbonyl (C=O) groups excluding carboxylic acids is 1. The Morgan fingerprint density at radius 1 is 1.38 bits per heavy atom. The number of rotatable bonds is 6. The van der Waals surface area contributed by atoms with E-state index in [4.69, 9.17) is 0 Å². The van der Waals surface area contributed by atoms with Crippen molar-refractivity contribution in [3.05, 3.63) is 29.3 Å². The maximum atomic E-state index is 11.5. The second-order valence-electron chi connectivity index (χ2n) is 6.32. The molecule has 1 aliphatic heterocycles. The number of nitriles is 1. The van der Waals surface area contributed by atoms with E-state index in [1.807, 2.05) is 0 Å². The summed E-state index contributed by atoms with van der Waals surface area (Å²) in [7, 11) is -2.93. The summed E-state index contributed by atoms with van der Waals surface area (Å²) in [6.07, 6.45) is 3.00. The molecular formula is C17H23N3O3S. The molecule has 1 aromatic rings. The molecule has 0 aliphatic carbocycles. The number of ketones is 1. The van der Waals surface area contributed by atoms with Crippen LogP contribution in [0.3, 0.4) is 0 Å². The van der Waals surface area contributed by atoms with Crippen LogP contribution in [0.4, 0.5) is 5.69 Å². The van der Waals surface area contributed by atoms with Crippen LogP contribution in [0, 0.1) is 11.3 Å². The number of hydrogen-bond donors (Lipinski definition) is 1. The molecule has 7 heteroatoms. The van der Waals surface area contributed by atoms with Crippen LogP contribution in [0.2, 0.25) is 0 Å². The predicted octanol–water partition coefficient (Wildman–Crippen LogP) is 1.68. The summed E-state index contributed by atoms with van der Waals surface area (Å²) in [5.74, 6) is 0.155. The van der Waals surface area contributed by atoms with E-state index < -0.39 is 9.84 Å². The summed E-state index contributed by atoms with van der Waals surface area (Å²) in [4.78, 5) is 13.7. The third-order valence-electron chi connectivity index (χ3n) is 4.27. The van der Waals surface area contributed by atoms with Gasteiger partial charge in [-0.2, -0.15) is 5.26 Å². The van der Waals surface area contributed by atoms with Crippen LogP contribution in [0.5, 0.6) is 0 Å². The standard InChI is InChI=1S/C17H23N3O3S/c1-13(21)14-3-4-15(12-18)17(11-14)19-16-5-7-20(8-6-16)9-10-24(2,22)23/h3-4,11,16,19H,5-10H2,1-2H3. The van der Waals surface area contributed by atoms with Gasteiger partial charge in [0.05, 0.1) is 17.0 Å². The van der Waals surface area contributed by atoms with Crippen molar-refractivity contribution in [2.24, 2.45) is 0 Å². The molecule has 0 spiro atoms. The number of likely N-dealkylation sites (tertiary alicyclic amines) is 1. The number of Topliss-reactive ketones (excluding diaryl/α,β-unsaturated/α-hetero) is 1. The second-order valence-corrected chi connectivity index (χ2v) is 8.58. The van der Waals surface area contributed by atoms with Crippen LogP contribution < -0.4 is 5.32 Å². The highest BCUT2D eigenvalue weighted by molar-refractivity contribution is 7.90. The number of piperidine rings is 1. The Balaban J connectivity index is 1.95. The molecule has 1 aromatic carbocycles. The Kier molecular flexibility index (Phi) is 5.97.